The summed E-state index contributed by atoms with van der Waals surface area (Å²) in [5.74, 6) is 0. The monoisotopic (exact) mass is 755 g/mol. The molecule has 0 aromatic heterocycles. The molecule has 278 valence electrons. The van der Waals surface area contributed by atoms with Crippen molar-refractivity contribution in [1.29, 1.82) is 0 Å². The molecule has 0 spiro atoms. The highest BCUT2D eigenvalue weighted by molar-refractivity contribution is 5.80. The van der Waals surface area contributed by atoms with Crippen molar-refractivity contribution in [3.8, 4) is 0 Å². The van der Waals surface area contributed by atoms with Crippen molar-refractivity contribution in [2.45, 2.75) is 18.5 Å². The molecule has 0 amide bonds. The first kappa shape index (κ1) is 38.4. The molecule has 55 heavy (non-hydrogen) atoms. The minimum absolute atomic E-state index is 0.610. The summed E-state index contributed by atoms with van der Waals surface area (Å²) in [5.41, 5.74) is 4.51. The Bertz CT molecular complexity index is 1990. The number of benzene rings is 6. The zero-order valence-corrected chi connectivity index (χ0v) is 28.7. The number of halogens is 9. The third kappa shape index (κ3) is 10.2. The molecule has 0 radical (unpaired) electrons. The minimum Gasteiger partial charge on any atom is -0.311 e. The fourth-order valence-electron chi connectivity index (χ4n) is 5.58. The number of anilines is 3. The Kier molecular flexibility index (Phi) is 11.2. The van der Waals surface area contributed by atoms with E-state index in [-0.39, 0.29) is 0 Å². The van der Waals surface area contributed by atoms with Crippen LogP contribution in [0.2, 0.25) is 0 Å². The third-order valence-corrected chi connectivity index (χ3v) is 8.57. The van der Waals surface area contributed by atoms with Crippen molar-refractivity contribution in [3.05, 3.63) is 196 Å². The Balaban J connectivity index is 1.24. The molecule has 6 aromatic carbocycles. The van der Waals surface area contributed by atoms with Gasteiger partial charge in [0.25, 0.3) is 0 Å². The molecular weight excluding hydrogens is 725 g/mol. The largest absolute Gasteiger partial charge is 0.416 e. The van der Waals surface area contributed by atoms with Crippen molar-refractivity contribution >= 4 is 53.5 Å². The van der Waals surface area contributed by atoms with Gasteiger partial charge in [-0.25, -0.2) is 0 Å². The van der Waals surface area contributed by atoms with Gasteiger partial charge in [0, 0.05) is 17.1 Å². The fourth-order valence-corrected chi connectivity index (χ4v) is 5.58. The standard InChI is InChI=1S/C45H30F9N/c46-43(47,48)37-19-7-31(8-20-37)1-4-34-13-25-40(26-14-34)55(41-27-15-35(16-28-41)5-2-32-9-21-38(22-10-32)44(49,50)51)42-29-17-36(18-30-42)6-3-33-11-23-39(24-12-33)45(52,53)54/h1-30H/b4-1+,5-2+,6-3+. The molecule has 0 atom stereocenters. The Morgan fingerprint density at radius 2 is 0.418 bits per heavy atom. The van der Waals surface area contributed by atoms with Gasteiger partial charge >= 0.3 is 18.5 Å². The van der Waals surface area contributed by atoms with Gasteiger partial charge in [0.1, 0.15) is 0 Å². The quantitative estimate of drug-likeness (QED) is 0.105. The topological polar surface area (TPSA) is 3.24 Å². The second kappa shape index (κ2) is 16.0. The average Bonchev–Trinajstić information content (AvgIpc) is 3.16. The van der Waals surface area contributed by atoms with Crippen LogP contribution < -0.4 is 4.90 Å². The lowest BCUT2D eigenvalue weighted by Crippen LogP contribution is -2.09. The van der Waals surface area contributed by atoms with Crippen LogP contribution in [-0.4, -0.2) is 0 Å². The van der Waals surface area contributed by atoms with Crippen LogP contribution in [0.15, 0.2) is 146 Å². The highest BCUT2D eigenvalue weighted by Gasteiger charge is 2.31. The summed E-state index contributed by atoms with van der Waals surface area (Å²) < 4.78 is 117. The summed E-state index contributed by atoms with van der Waals surface area (Å²) in [5, 5.41) is 0. The predicted octanol–water partition coefficient (Wildman–Crippen LogP) is 14.7. The maximum atomic E-state index is 13.0. The third-order valence-electron chi connectivity index (χ3n) is 8.57. The molecule has 1 nitrogen and oxygen atoms in total. The lowest BCUT2D eigenvalue weighted by atomic mass is 10.1. The summed E-state index contributed by atoms with van der Waals surface area (Å²) in [7, 11) is 0. The highest BCUT2D eigenvalue weighted by Crippen LogP contribution is 2.36. The molecule has 0 heterocycles. The molecule has 0 aliphatic heterocycles. The van der Waals surface area contributed by atoms with E-state index in [9.17, 15) is 39.5 Å². The molecule has 0 saturated heterocycles. The van der Waals surface area contributed by atoms with E-state index < -0.39 is 35.2 Å². The van der Waals surface area contributed by atoms with Crippen molar-refractivity contribution in [1.82, 2.24) is 0 Å². The van der Waals surface area contributed by atoms with E-state index in [0.29, 0.717) is 16.7 Å². The van der Waals surface area contributed by atoms with E-state index in [1.54, 1.807) is 36.5 Å². The van der Waals surface area contributed by atoms with Gasteiger partial charge in [0.05, 0.1) is 16.7 Å². The lowest BCUT2D eigenvalue weighted by Gasteiger charge is -2.26. The average molecular weight is 756 g/mol. The van der Waals surface area contributed by atoms with Gasteiger partial charge in [-0.2, -0.15) is 39.5 Å². The number of alkyl halides is 9. The van der Waals surface area contributed by atoms with E-state index >= 15 is 0 Å². The zero-order chi connectivity index (χ0) is 39.2. The SMILES string of the molecule is FC(F)(F)c1ccc(/C=C/c2ccc(N(c3ccc(/C=C/c4ccc(C(F)(F)F)cc4)cc3)c3ccc(/C=C/c4ccc(C(F)(F)F)cc4)cc3)cc2)cc1. The maximum Gasteiger partial charge on any atom is 0.416 e. The first-order valence-electron chi connectivity index (χ1n) is 16.8. The maximum absolute atomic E-state index is 13.0. The number of hydrogen-bond acceptors (Lipinski definition) is 1. The van der Waals surface area contributed by atoms with Crippen LogP contribution in [0.5, 0.6) is 0 Å². The first-order valence-corrected chi connectivity index (χ1v) is 16.8. The van der Waals surface area contributed by atoms with Crippen LogP contribution in [0, 0.1) is 0 Å². The lowest BCUT2D eigenvalue weighted by molar-refractivity contribution is -0.138. The number of rotatable bonds is 9. The van der Waals surface area contributed by atoms with E-state index in [0.717, 1.165) is 70.2 Å². The Labute approximate surface area is 311 Å². The van der Waals surface area contributed by atoms with Gasteiger partial charge in [-0.3, -0.25) is 0 Å². The molecule has 10 heteroatoms. The summed E-state index contributed by atoms with van der Waals surface area (Å²) in [6.07, 6.45) is -2.68. The van der Waals surface area contributed by atoms with E-state index in [1.165, 1.54) is 36.4 Å². The summed E-state index contributed by atoms with van der Waals surface area (Å²) in [6.45, 7) is 0. The van der Waals surface area contributed by atoms with Crippen LogP contribution in [0.4, 0.5) is 56.6 Å². The molecule has 0 unspecified atom stereocenters. The van der Waals surface area contributed by atoms with Gasteiger partial charge in [0.2, 0.25) is 0 Å². The van der Waals surface area contributed by atoms with Gasteiger partial charge < -0.3 is 4.90 Å². The molecule has 0 N–H and O–H groups in total. The molecule has 6 rings (SSSR count). The van der Waals surface area contributed by atoms with Gasteiger partial charge in [-0.1, -0.05) is 109 Å². The predicted molar refractivity (Wildman–Crippen MR) is 202 cm³/mol. The van der Waals surface area contributed by atoms with Gasteiger partial charge in [-0.15, -0.1) is 0 Å². The summed E-state index contributed by atoms with van der Waals surface area (Å²) in [6, 6.07) is 37.3. The van der Waals surface area contributed by atoms with Crippen molar-refractivity contribution < 1.29 is 39.5 Å². The molecular formula is C45H30F9N. The van der Waals surface area contributed by atoms with Crippen molar-refractivity contribution in [2.75, 3.05) is 4.90 Å². The molecule has 6 aromatic rings. The van der Waals surface area contributed by atoms with Gasteiger partial charge in [0.15, 0.2) is 0 Å². The van der Waals surface area contributed by atoms with E-state index in [4.69, 9.17) is 0 Å². The van der Waals surface area contributed by atoms with Crippen molar-refractivity contribution in [3.63, 3.8) is 0 Å². The second-order valence-electron chi connectivity index (χ2n) is 12.5. The Morgan fingerprint density at radius 1 is 0.255 bits per heavy atom. The van der Waals surface area contributed by atoms with Crippen LogP contribution in [0.3, 0.4) is 0 Å². The smallest absolute Gasteiger partial charge is 0.311 e. The Morgan fingerprint density at radius 3 is 0.582 bits per heavy atom. The highest BCUT2D eigenvalue weighted by atomic mass is 19.4. The van der Waals surface area contributed by atoms with Crippen molar-refractivity contribution in [2.24, 2.45) is 0 Å². The number of hydrogen-bond donors (Lipinski definition) is 0. The second-order valence-corrected chi connectivity index (χ2v) is 12.5. The van der Waals surface area contributed by atoms with Crippen LogP contribution >= 0.6 is 0 Å². The van der Waals surface area contributed by atoms with Crippen LogP contribution in [0.1, 0.15) is 50.1 Å². The van der Waals surface area contributed by atoms with Crippen LogP contribution in [-0.2, 0) is 18.5 Å². The first-order chi connectivity index (χ1) is 26.1. The normalized spacial score (nSPS) is 12.6. The summed E-state index contributed by atoms with van der Waals surface area (Å²) >= 11 is 0. The minimum atomic E-state index is -4.41. The van der Waals surface area contributed by atoms with Gasteiger partial charge in [-0.05, 0) is 106 Å². The fraction of sp³-hybridized carbons (Fsp3) is 0.0667. The Hall–Kier alpha value is -6.29. The van der Waals surface area contributed by atoms with E-state index in [1.807, 2.05) is 77.7 Å². The molecule has 0 aliphatic carbocycles. The van der Waals surface area contributed by atoms with E-state index in [2.05, 4.69) is 0 Å². The number of nitrogens with zero attached hydrogens (tertiary/aromatic N) is 1. The summed E-state index contributed by atoms with van der Waals surface area (Å²) in [4.78, 5) is 2.01. The molecule has 0 fully saturated rings. The molecule has 0 bridgehead atoms. The van der Waals surface area contributed by atoms with Crippen LogP contribution in [0.25, 0.3) is 36.5 Å². The zero-order valence-electron chi connectivity index (χ0n) is 28.7. The molecule has 0 aliphatic rings. The molecule has 0 saturated carbocycles.